The molecule has 0 atom stereocenters. The number of hydrogen-bond acceptors (Lipinski definition) is 5. The van der Waals surface area contributed by atoms with E-state index in [-0.39, 0.29) is 12.3 Å². The van der Waals surface area contributed by atoms with Gasteiger partial charge in [-0.3, -0.25) is 4.79 Å². The van der Waals surface area contributed by atoms with Gasteiger partial charge in [-0.25, -0.2) is 9.97 Å². The summed E-state index contributed by atoms with van der Waals surface area (Å²) >= 11 is 0. The Bertz CT molecular complexity index is 911. The first kappa shape index (κ1) is 16.1. The lowest BCUT2D eigenvalue weighted by atomic mass is 10.1. The van der Waals surface area contributed by atoms with Crippen molar-refractivity contribution in [3.63, 3.8) is 0 Å². The van der Waals surface area contributed by atoms with Crippen molar-refractivity contribution >= 4 is 11.6 Å². The third-order valence-electron chi connectivity index (χ3n) is 3.94. The summed E-state index contributed by atoms with van der Waals surface area (Å²) in [6.45, 7) is 1.07. The fraction of sp³-hybridized carbons (Fsp3) is 0.150. The number of rotatable bonds is 4. The first-order valence-corrected chi connectivity index (χ1v) is 8.34. The molecular formula is C20H17N3O3. The highest BCUT2D eigenvalue weighted by molar-refractivity contribution is 5.92. The second-order valence-electron chi connectivity index (χ2n) is 5.86. The summed E-state index contributed by atoms with van der Waals surface area (Å²) in [6.07, 6.45) is 3.45. The first-order chi connectivity index (χ1) is 12.8. The van der Waals surface area contributed by atoms with Crippen LogP contribution in [0.2, 0.25) is 0 Å². The molecule has 0 radical (unpaired) electrons. The van der Waals surface area contributed by atoms with E-state index in [2.05, 4.69) is 15.3 Å². The Labute approximate surface area is 150 Å². The highest BCUT2D eigenvalue weighted by Crippen LogP contribution is 2.30. The number of fused-ring (bicyclic) bond motifs is 1. The maximum absolute atomic E-state index is 12.3. The van der Waals surface area contributed by atoms with Crippen molar-refractivity contribution in [2.45, 2.75) is 6.42 Å². The maximum atomic E-state index is 12.3. The Hall–Kier alpha value is -3.41. The molecule has 1 aromatic heterocycles. The van der Waals surface area contributed by atoms with Gasteiger partial charge in [0.25, 0.3) is 0 Å². The van der Waals surface area contributed by atoms with Crippen LogP contribution in [0.25, 0.3) is 11.4 Å². The smallest absolute Gasteiger partial charge is 0.228 e. The molecule has 6 nitrogen and oxygen atoms in total. The van der Waals surface area contributed by atoms with Gasteiger partial charge >= 0.3 is 0 Å². The maximum Gasteiger partial charge on any atom is 0.228 e. The van der Waals surface area contributed by atoms with Crippen LogP contribution in [0.15, 0.2) is 60.9 Å². The van der Waals surface area contributed by atoms with E-state index < -0.39 is 0 Å². The molecule has 0 saturated heterocycles. The van der Waals surface area contributed by atoms with E-state index in [9.17, 15) is 4.79 Å². The van der Waals surface area contributed by atoms with E-state index in [1.807, 2.05) is 48.5 Å². The zero-order chi connectivity index (χ0) is 17.8. The molecule has 3 aromatic rings. The van der Waals surface area contributed by atoms with Gasteiger partial charge in [-0.05, 0) is 17.7 Å². The highest BCUT2D eigenvalue weighted by atomic mass is 16.6. The number of carbonyl (C=O) groups is 1. The summed E-state index contributed by atoms with van der Waals surface area (Å²) in [4.78, 5) is 20.9. The largest absolute Gasteiger partial charge is 0.486 e. The number of nitrogens with one attached hydrogen (secondary N) is 1. The Kier molecular flexibility index (Phi) is 4.47. The Morgan fingerprint density at radius 1 is 0.962 bits per heavy atom. The monoisotopic (exact) mass is 347 g/mol. The number of ether oxygens (including phenoxy) is 2. The number of carbonyl (C=O) groups excluding carboxylic acids is 1. The predicted molar refractivity (Wildman–Crippen MR) is 97.2 cm³/mol. The second-order valence-corrected chi connectivity index (χ2v) is 5.86. The molecule has 2 aromatic carbocycles. The second kappa shape index (κ2) is 7.23. The molecule has 1 aliphatic heterocycles. The molecule has 0 spiro atoms. The highest BCUT2D eigenvalue weighted by Gasteiger charge is 2.13. The molecule has 4 rings (SSSR count). The van der Waals surface area contributed by atoms with Gasteiger partial charge in [-0.2, -0.15) is 0 Å². The van der Waals surface area contributed by atoms with Crippen molar-refractivity contribution < 1.29 is 14.3 Å². The van der Waals surface area contributed by atoms with Crippen molar-refractivity contribution in [2.24, 2.45) is 0 Å². The van der Waals surface area contributed by atoms with Crippen LogP contribution in [0.1, 0.15) is 5.56 Å². The predicted octanol–water partition coefficient (Wildman–Crippen LogP) is 3.10. The summed E-state index contributed by atoms with van der Waals surface area (Å²) < 4.78 is 11.0. The van der Waals surface area contributed by atoms with Gasteiger partial charge in [0.1, 0.15) is 13.2 Å². The number of nitrogens with zero attached hydrogens (tertiary/aromatic N) is 2. The molecule has 0 fully saturated rings. The van der Waals surface area contributed by atoms with Crippen LogP contribution in [0.5, 0.6) is 11.5 Å². The van der Waals surface area contributed by atoms with Crippen molar-refractivity contribution in [3.8, 4) is 22.9 Å². The molecule has 2 heterocycles. The molecule has 0 aliphatic carbocycles. The SMILES string of the molecule is O=C(Cc1ccc2c(c1)OCCO2)Nc1cnc(-c2ccccc2)nc1. The molecule has 0 bridgehead atoms. The average molecular weight is 347 g/mol. The minimum absolute atomic E-state index is 0.141. The van der Waals surface area contributed by atoms with Gasteiger partial charge in [-0.15, -0.1) is 0 Å². The standard InChI is InChI=1S/C20H17N3O3/c24-19(11-14-6-7-17-18(10-14)26-9-8-25-17)23-16-12-21-20(22-13-16)15-4-2-1-3-5-15/h1-7,10,12-13H,8-9,11H2,(H,23,24). The van der Waals surface area contributed by atoms with E-state index in [0.717, 1.165) is 11.1 Å². The van der Waals surface area contributed by atoms with Crippen molar-refractivity contribution in [1.29, 1.82) is 0 Å². The molecule has 1 amide bonds. The van der Waals surface area contributed by atoms with Crippen LogP contribution in [-0.4, -0.2) is 29.1 Å². The van der Waals surface area contributed by atoms with Gasteiger partial charge in [0.2, 0.25) is 5.91 Å². The van der Waals surface area contributed by atoms with E-state index in [0.29, 0.717) is 36.2 Å². The zero-order valence-electron chi connectivity index (χ0n) is 14.0. The van der Waals surface area contributed by atoms with Crippen molar-refractivity contribution in [3.05, 3.63) is 66.5 Å². The topological polar surface area (TPSA) is 73.3 Å². The van der Waals surface area contributed by atoms with Gasteiger partial charge in [0.15, 0.2) is 17.3 Å². The Morgan fingerprint density at radius 2 is 1.69 bits per heavy atom. The third kappa shape index (κ3) is 3.64. The molecule has 0 unspecified atom stereocenters. The zero-order valence-corrected chi connectivity index (χ0v) is 14.0. The summed E-state index contributed by atoms with van der Waals surface area (Å²) in [5.41, 5.74) is 2.35. The molecule has 26 heavy (non-hydrogen) atoms. The van der Waals surface area contributed by atoms with Crippen LogP contribution in [0.4, 0.5) is 5.69 Å². The molecule has 6 heteroatoms. The van der Waals surface area contributed by atoms with E-state index >= 15 is 0 Å². The normalized spacial score (nSPS) is 12.5. The molecular weight excluding hydrogens is 330 g/mol. The first-order valence-electron chi connectivity index (χ1n) is 8.34. The van der Waals surface area contributed by atoms with E-state index in [1.54, 1.807) is 12.4 Å². The van der Waals surface area contributed by atoms with Gasteiger partial charge in [-0.1, -0.05) is 36.4 Å². The van der Waals surface area contributed by atoms with Gasteiger partial charge in [0, 0.05) is 5.56 Å². The number of anilines is 1. The number of aromatic nitrogens is 2. The number of benzene rings is 2. The minimum atomic E-state index is -0.141. The summed E-state index contributed by atoms with van der Waals surface area (Å²) in [5.74, 6) is 1.87. The van der Waals surface area contributed by atoms with Crippen molar-refractivity contribution in [1.82, 2.24) is 9.97 Å². The summed E-state index contributed by atoms with van der Waals surface area (Å²) in [6, 6.07) is 15.2. The lowest BCUT2D eigenvalue weighted by Gasteiger charge is -2.18. The lowest BCUT2D eigenvalue weighted by molar-refractivity contribution is -0.115. The fourth-order valence-electron chi connectivity index (χ4n) is 2.72. The number of amides is 1. The van der Waals surface area contributed by atoms with E-state index in [1.165, 1.54) is 0 Å². The van der Waals surface area contributed by atoms with Crippen molar-refractivity contribution in [2.75, 3.05) is 18.5 Å². The fourth-order valence-corrected chi connectivity index (χ4v) is 2.72. The third-order valence-corrected chi connectivity index (χ3v) is 3.94. The van der Waals surface area contributed by atoms with Crippen LogP contribution in [0, 0.1) is 0 Å². The van der Waals surface area contributed by atoms with Crippen LogP contribution in [0.3, 0.4) is 0 Å². The molecule has 1 aliphatic rings. The lowest BCUT2D eigenvalue weighted by Crippen LogP contribution is -2.17. The minimum Gasteiger partial charge on any atom is -0.486 e. The average Bonchev–Trinajstić information content (AvgIpc) is 2.69. The Morgan fingerprint density at radius 3 is 2.46 bits per heavy atom. The van der Waals surface area contributed by atoms with Gasteiger partial charge < -0.3 is 14.8 Å². The van der Waals surface area contributed by atoms with Crippen LogP contribution in [-0.2, 0) is 11.2 Å². The Balaban J connectivity index is 1.40. The molecule has 130 valence electrons. The summed E-state index contributed by atoms with van der Waals surface area (Å²) in [7, 11) is 0. The van der Waals surface area contributed by atoms with Crippen LogP contribution < -0.4 is 14.8 Å². The number of hydrogen-bond donors (Lipinski definition) is 1. The molecule has 1 N–H and O–H groups in total. The van der Waals surface area contributed by atoms with Gasteiger partial charge in [0.05, 0.1) is 24.5 Å². The van der Waals surface area contributed by atoms with E-state index in [4.69, 9.17) is 9.47 Å². The molecule has 0 saturated carbocycles. The summed E-state index contributed by atoms with van der Waals surface area (Å²) in [5, 5.41) is 2.81. The quantitative estimate of drug-likeness (QED) is 0.785. The van der Waals surface area contributed by atoms with Crippen LogP contribution >= 0.6 is 0 Å².